The predicted molar refractivity (Wildman–Crippen MR) is 64.3 cm³/mol. The Morgan fingerprint density at radius 2 is 1.94 bits per heavy atom. The summed E-state index contributed by atoms with van der Waals surface area (Å²) in [6.45, 7) is 2.83. The Hall–Kier alpha value is -1.17. The van der Waals surface area contributed by atoms with Gasteiger partial charge in [-0.25, -0.2) is 8.42 Å². The number of carboxylic acids is 1. The van der Waals surface area contributed by atoms with Crippen molar-refractivity contribution in [3.05, 3.63) is 0 Å². The number of piperazine rings is 1. The Morgan fingerprint density at radius 3 is 2.33 bits per heavy atom. The van der Waals surface area contributed by atoms with E-state index in [1.807, 2.05) is 0 Å². The molecule has 0 radical (unpaired) electrons. The van der Waals surface area contributed by atoms with Crippen molar-refractivity contribution in [3.8, 4) is 6.07 Å². The van der Waals surface area contributed by atoms with E-state index < -0.39 is 21.2 Å². The Kier molecular flexibility index (Phi) is 5.07. The van der Waals surface area contributed by atoms with Crippen LogP contribution in [0, 0.1) is 11.3 Å². The standard InChI is InChI=1S/C10H17N3O4S/c1-2-9(7-11)18(16,17)13-5-3-12(4-6-13)8-10(14)15/h9H,2-6,8H2,1H3,(H,14,15). The summed E-state index contributed by atoms with van der Waals surface area (Å²) < 4.78 is 25.4. The maximum atomic E-state index is 12.0. The first kappa shape index (κ1) is 14.9. The average molecular weight is 275 g/mol. The van der Waals surface area contributed by atoms with Gasteiger partial charge in [0.25, 0.3) is 0 Å². The lowest BCUT2D eigenvalue weighted by Gasteiger charge is -2.33. The van der Waals surface area contributed by atoms with E-state index >= 15 is 0 Å². The SMILES string of the molecule is CCC(C#N)S(=O)(=O)N1CCN(CC(=O)O)CC1. The summed E-state index contributed by atoms with van der Waals surface area (Å²) in [5.74, 6) is -0.922. The molecule has 1 atom stereocenters. The number of aliphatic carboxylic acids is 1. The molecule has 8 heteroatoms. The second-order valence-electron chi connectivity index (χ2n) is 4.14. The van der Waals surface area contributed by atoms with E-state index in [1.54, 1.807) is 17.9 Å². The molecule has 1 N–H and O–H groups in total. The van der Waals surface area contributed by atoms with Gasteiger partial charge in [0, 0.05) is 26.2 Å². The van der Waals surface area contributed by atoms with Gasteiger partial charge < -0.3 is 5.11 Å². The minimum Gasteiger partial charge on any atom is -0.480 e. The van der Waals surface area contributed by atoms with Crippen LogP contribution in [0.25, 0.3) is 0 Å². The number of hydrogen-bond donors (Lipinski definition) is 1. The molecule has 0 aliphatic carbocycles. The summed E-state index contributed by atoms with van der Waals surface area (Å²) in [4.78, 5) is 12.2. The van der Waals surface area contributed by atoms with Crippen molar-refractivity contribution in [2.45, 2.75) is 18.6 Å². The summed E-state index contributed by atoms with van der Waals surface area (Å²) in [6, 6.07) is 1.80. The van der Waals surface area contributed by atoms with Gasteiger partial charge in [-0.15, -0.1) is 0 Å². The molecule has 1 fully saturated rings. The topological polar surface area (TPSA) is 102 Å². The lowest BCUT2D eigenvalue weighted by Crippen LogP contribution is -2.51. The summed E-state index contributed by atoms with van der Waals surface area (Å²) in [5.41, 5.74) is 0. The molecular formula is C10H17N3O4S. The van der Waals surface area contributed by atoms with Gasteiger partial charge >= 0.3 is 5.97 Å². The largest absolute Gasteiger partial charge is 0.480 e. The van der Waals surface area contributed by atoms with Crippen LogP contribution in [0.15, 0.2) is 0 Å². The molecule has 0 saturated carbocycles. The van der Waals surface area contributed by atoms with Crippen molar-refractivity contribution in [3.63, 3.8) is 0 Å². The van der Waals surface area contributed by atoms with Gasteiger partial charge in [-0.2, -0.15) is 9.57 Å². The fourth-order valence-electron chi connectivity index (χ4n) is 1.88. The van der Waals surface area contributed by atoms with Gasteiger partial charge in [0.05, 0.1) is 12.6 Å². The normalized spacial score (nSPS) is 20.2. The summed E-state index contributed by atoms with van der Waals surface area (Å²) >= 11 is 0. The van der Waals surface area contributed by atoms with E-state index in [0.29, 0.717) is 13.1 Å². The second-order valence-corrected chi connectivity index (χ2v) is 6.26. The minimum atomic E-state index is -3.58. The molecule has 0 bridgehead atoms. The molecule has 0 aromatic rings. The van der Waals surface area contributed by atoms with Crippen LogP contribution < -0.4 is 0 Å². The van der Waals surface area contributed by atoms with Crippen molar-refractivity contribution in [2.75, 3.05) is 32.7 Å². The molecule has 1 rings (SSSR count). The summed E-state index contributed by atoms with van der Waals surface area (Å²) in [5, 5.41) is 16.4. The molecule has 7 nitrogen and oxygen atoms in total. The molecule has 0 aromatic heterocycles. The second kappa shape index (κ2) is 6.13. The smallest absolute Gasteiger partial charge is 0.317 e. The molecule has 1 unspecified atom stereocenters. The fraction of sp³-hybridized carbons (Fsp3) is 0.800. The van der Waals surface area contributed by atoms with Crippen LogP contribution >= 0.6 is 0 Å². The predicted octanol–water partition coefficient (Wildman–Crippen LogP) is -0.679. The zero-order valence-electron chi connectivity index (χ0n) is 10.2. The quantitative estimate of drug-likeness (QED) is 0.713. The van der Waals surface area contributed by atoms with Crippen LogP contribution in [0.4, 0.5) is 0 Å². The van der Waals surface area contributed by atoms with Crippen LogP contribution in [-0.4, -0.2) is 66.7 Å². The molecule has 0 spiro atoms. The molecule has 1 saturated heterocycles. The number of rotatable bonds is 5. The maximum Gasteiger partial charge on any atom is 0.317 e. The maximum absolute atomic E-state index is 12.0. The number of carboxylic acid groups (broad SMARTS) is 1. The number of sulfonamides is 1. The summed E-state index contributed by atoms with van der Waals surface area (Å²) in [6.07, 6.45) is 0.258. The molecule has 0 amide bonds. The van der Waals surface area contributed by atoms with Gasteiger partial charge in [0.1, 0.15) is 0 Å². The van der Waals surface area contributed by atoms with Crippen LogP contribution in [0.2, 0.25) is 0 Å². The molecular weight excluding hydrogens is 258 g/mol. The van der Waals surface area contributed by atoms with Crippen LogP contribution in [-0.2, 0) is 14.8 Å². The fourth-order valence-corrected chi connectivity index (χ4v) is 3.47. The molecule has 18 heavy (non-hydrogen) atoms. The molecule has 102 valence electrons. The Bertz CT molecular complexity index is 435. The Labute approximate surface area is 107 Å². The highest BCUT2D eigenvalue weighted by molar-refractivity contribution is 7.90. The highest BCUT2D eigenvalue weighted by Gasteiger charge is 2.33. The minimum absolute atomic E-state index is 0.0800. The van der Waals surface area contributed by atoms with E-state index in [0.717, 1.165) is 0 Å². The molecule has 1 heterocycles. The van der Waals surface area contributed by atoms with Gasteiger partial charge in [0.2, 0.25) is 10.0 Å². The van der Waals surface area contributed by atoms with E-state index in [-0.39, 0.29) is 26.1 Å². The first-order valence-electron chi connectivity index (χ1n) is 5.74. The van der Waals surface area contributed by atoms with Gasteiger partial charge in [-0.05, 0) is 6.42 Å². The number of nitriles is 1. The molecule has 0 aromatic carbocycles. The highest BCUT2D eigenvalue weighted by Crippen LogP contribution is 2.14. The van der Waals surface area contributed by atoms with Crippen molar-refractivity contribution >= 4 is 16.0 Å². The van der Waals surface area contributed by atoms with E-state index in [4.69, 9.17) is 10.4 Å². The zero-order valence-corrected chi connectivity index (χ0v) is 11.1. The highest BCUT2D eigenvalue weighted by atomic mass is 32.2. The van der Waals surface area contributed by atoms with Gasteiger partial charge in [0.15, 0.2) is 5.25 Å². The Balaban J connectivity index is 2.63. The van der Waals surface area contributed by atoms with Gasteiger partial charge in [-0.3, -0.25) is 9.69 Å². The van der Waals surface area contributed by atoms with Crippen molar-refractivity contribution < 1.29 is 18.3 Å². The number of nitrogens with zero attached hydrogens (tertiary/aromatic N) is 3. The van der Waals surface area contributed by atoms with E-state index in [1.165, 1.54) is 4.31 Å². The lowest BCUT2D eigenvalue weighted by molar-refractivity contribution is -0.138. The average Bonchev–Trinajstić information content (AvgIpc) is 2.30. The van der Waals surface area contributed by atoms with Gasteiger partial charge in [-0.1, -0.05) is 6.92 Å². The third kappa shape index (κ3) is 3.41. The lowest BCUT2D eigenvalue weighted by atomic mass is 10.3. The van der Waals surface area contributed by atoms with Crippen molar-refractivity contribution in [1.29, 1.82) is 5.26 Å². The number of hydrogen-bond acceptors (Lipinski definition) is 5. The summed E-state index contributed by atoms with van der Waals surface area (Å²) in [7, 11) is -3.58. The zero-order chi connectivity index (χ0) is 13.8. The van der Waals surface area contributed by atoms with Crippen LogP contribution in [0.5, 0.6) is 0 Å². The van der Waals surface area contributed by atoms with E-state index in [9.17, 15) is 13.2 Å². The van der Waals surface area contributed by atoms with Crippen molar-refractivity contribution in [2.24, 2.45) is 0 Å². The van der Waals surface area contributed by atoms with E-state index in [2.05, 4.69) is 0 Å². The van der Waals surface area contributed by atoms with Crippen LogP contribution in [0.3, 0.4) is 0 Å². The Morgan fingerprint density at radius 1 is 1.39 bits per heavy atom. The van der Waals surface area contributed by atoms with Crippen molar-refractivity contribution in [1.82, 2.24) is 9.21 Å². The monoisotopic (exact) mass is 275 g/mol. The number of carbonyl (C=O) groups is 1. The first-order chi connectivity index (χ1) is 8.41. The molecule has 1 aliphatic rings. The molecule has 1 aliphatic heterocycles. The third-order valence-corrected chi connectivity index (χ3v) is 5.17. The van der Waals surface area contributed by atoms with Crippen LogP contribution in [0.1, 0.15) is 13.3 Å². The third-order valence-electron chi connectivity index (χ3n) is 2.92. The first-order valence-corrected chi connectivity index (χ1v) is 7.24.